The normalized spacial score (nSPS) is 13.0. The molecule has 0 fully saturated rings. The number of aryl methyl sites for hydroxylation is 1. The van der Waals surface area contributed by atoms with E-state index >= 15 is 0 Å². The summed E-state index contributed by atoms with van der Waals surface area (Å²) in [6.07, 6.45) is 5.67. The Balaban J connectivity index is 1.69. The smallest absolute Gasteiger partial charge is 0.214 e. The van der Waals surface area contributed by atoms with Crippen LogP contribution in [0.25, 0.3) is 4.96 Å². The van der Waals surface area contributed by atoms with Crippen LogP contribution in [0.15, 0.2) is 24.7 Å². The van der Waals surface area contributed by atoms with Crippen LogP contribution in [0.4, 0.5) is 5.13 Å². The zero-order chi connectivity index (χ0) is 12.5. The summed E-state index contributed by atoms with van der Waals surface area (Å²) in [5.74, 6) is 0. The number of nitrogens with one attached hydrogen (secondary N) is 1. The number of rotatable bonds is 4. The highest BCUT2D eigenvalue weighted by Gasteiger charge is 2.09. The molecule has 0 aromatic carbocycles. The molecule has 0 saturated carbocycles. The fourth-order valence-electron chi connectivity index (χ4n) is 1.81. The molecule has 0 aliphatic heterocycles. The maximum absolute atomic E-state index is 4.43. The van der Waals surface area contributed by atoms with Crippen molar-refractivity contribution in [2.24, 2.45) is 0 Å². The molecule has 0 radical (unpaired) electrons. The summed E-state index contributed by atoms with van der Waals surface area (Å²) in [5, 5.41) is 12.9. The van der Waals surface area contributed by atoms with E-state index in [0.717, 1.165) is 22.3 Å². The van der Waals surface area contributed by atoms with Crippen molar-refractivity contribution in [1.82, 2.24) is 24.4 Å². The second-order valence-corrected chi connectivity index (χ2v) is 5.25. The van der Waals surface area contributed by atoms with Gasteiger partial charge in [0.15, 0.2) is 0 Å². The third kappa shape index (κ3) is 2.21. The average molecular weight is 262 g/mol. The highest BCUT2D eigenvalue weighted by atomic mass is 32.1. The van der Waals surface area contributed by atoms with Gasteiger partial charge in [0.1, 0.15) is 0 Å². The molecule has 1 atom stereocenters. The summed E-state index contributed by atoms with van der Waals surface area (Å²) >= 11 is 1.56. The van der Waals surface area contributed by atoms with E-state index in [2.05, 4.69) is 27.4 Å². The maximum atomic E-state index is 4.43. The number of imidazole rings is 1. The molecule has 18 heavy (non-hydrogen) atoms. The lowest BCUT2D eigenvalue weighted by Gasteiger charge is -2.12. The molecule has 3 heterocycles. The lowest BCUT2D eigenvalue weighted by molar-refractivity contribution is 0.560. The van der Waals surface area contributed by atoms with E-state index in [4.69, 9.17) is 0 Å². The maximum Gasteiger partial charge on any atom is 0.214 e. The SMILES string of the molecule is Cc1cn2nc(N[C@H](C)Cn3cccn3)sc2n1. The monoisotopic (exact) mass is 262 g/mol. The van der Waals surface area contributed by atoms with E-state index < -0.39 is 0 Å². The van der Waals surface area contributed by atoms with E-state index in [9.17, 15) is 0 Å². The Morgan fingerprint density at radius 2 is 2.39 bits per heavy atom. The summed E-state index contributed by atoms with van der Waals surface area (Å²) in [4.78, 5) is 5.30. The summed E-state index contributed by atoms with van der Waals surface area (Å²) in [7, 11) is 0. The third-order valence-electron chi connectivity index (χ3n) is 2.55. The topological polar surface area (TPSA) is 60.0 Å². The fraction of sp³-hybridized carbons (Fsp3) is 0.364. The van der Waals surface area contributed by atoms with Crippen molar-refractivity contribution >= 4 is 21.4 Å². The van der Waals surface area contributed by atoms with Gasteiger partial charge in [-0.3, -0.25) is 4.68 Å². The summed E-state index contributed by atoms with van der Waals surface area (Å²) < 4.78 is 3.71. The average Bonchev–Trinajstić information content (AvgIpc) is 2.94. The Morgan fingerprint density at radius 3 is 3.11 bits per heavy atom. The second kappa shape index (κ2) is 4.41. The van der Waals surface area contributed by atoms with Crippen LogP contribution in [-0.4, -0.2) is 30.4 Å². The number of hydrogen-bond donors (Lipinski definition) is 1. The predicted molar refractivity (Wildman–Crippen MR) is 70.9 cm³/mol. The second-order valence-electron chi connectivity index (χ2n) is 4.29. The van der Waals surface area contributed by atoms with Crippen molar-refractivity contribution < 1.29 is 0 Å². The summed E-state index contributed by atoms with van der Waals surface area (Å²) in [5.41, 5.74) is 0.991. The molecule has 0 aliphatic carbocycles. The Kier molecular flexibility index (Phi) is 2.75. The lowest BCUT2D eigenvalue weighted by Crippen LogP contribution is -2.22. The molecule has 3 rings (SSSR count). The van der Waals surface area contributed by atoms with Gasteiger partial charge in [0.05, 0.1) is 18.4 Å². The Hall–Kier alpha value is -1.89. The van der Waals surface area contributed by atoms with Crippen molar-refractivity contribution in [2.75, 3.05) is 5.32 Å². The van der Waals surface area contributed by atoms with Crippen molar-refractivity contribution in [3.63, 3.8) is 0 Å². The van der Waals surface area contributed by atoms with Crippen LogP contribution in [0.3, 0.4) is 0 Å². The molecule has 3 aromatic heterocycles. The lowest BCUT2D eigenvalue weighted by atomic mass is 10.3. The number of fused-ring (bicyclic) bond motifs is 1. The molecule has 0 amide bonds. The Morgan fingerprint density at radius 1 is 1.50 bits per heavy atom. The van der Waals surface area contributed by atoms with Gasteiger partial charge in [-0.1, -0.05) is 11.3 Å². The van der Waals surface area contributed by atoms with E-state index in [1.807, 2.05) is 34.6 Å². The highest BCUT2D eigenvalue weighted by Crippen LogP contribution is 2.19. The molecule has 6 nitrogen and oxygen atoms in total. The fourth-order valence-corrected chi connectivity index (χ4v) is 2.75. The first-order chi connectivity index (χ1) is 8.70. The van der Waals surface area contributed by atoms with E-state index in [0.29, 0.717) is 0 Å². The summed E-state index contributed by atoms with van der Waals surface area (Å²) in [6.45, 7) is 4.89. The van der Waals surface area contributed by atoms with Crippen LogP contribution in [0.2, 0.25) is 0 Å². The number of aromatic nitrogens is 5. The minimum Gasteiger partial charge on any atom is -0.356 e. The molecule has 0 unspecified atom stereocenters. The van der Waals surface area contributed by atoms with Gasteiger partial charge >= 0.3 is 0 Å². The zero-order valence-corrected chi connectivity index (χ0v) is 11.1. The van der Waals surface area contributed by atoms with Crippen molar-refractivity contribution in [1.29, 1.82) is 0 Å². The van der Waals surface area contributed by atoms with E-state index in [1.165, 1.54) is 0 Å². The van der Waals surface area contributed by atoms with Gasteiger partial charge in [-0.15, -0.1) is 5.10 Å². The highest BCUT2D eigenvalue weighted by molar-refractivity contribution is 7.20. The quantitative estimate of drug-likeness (QED) is 0.779. The Labute approximate surface area is 108 Å². The van der Waals surface area contributed by atoms with Crippen LogP contribution in [0.5, 0.6) is 0 Å². The van der Waals surface area contributed by atoms with Crippen LogP contribution >= 0.6 is 11.3 Å². The van der Waals surface area contributed by atoms with Gasteiger partial charge in [0, 0.05) is 18.4 Å². The molecule has 7 heteroatoms. The largest absolute Gasteiger partial charge is 0.356 e. The van der Waals surface area contributed by atoms with Gasteiger partial charge in [0.25, 0.3) is 0 Å². The minimum atomic E-state index is 0.266. The molecule has 0 spiro atoms. The van der Waals surface area contributed by atoms with Crippen LogP contribution in [0, 0.1) is 6.92 Å². The third-order valence-corrected chi connectivity index (χ3v) is 3.41. The Bertz CT molecular complexity index is 606. The molecule has 0 aliphatic rings. The number of anilines is 1. The van der Waals surface area contributed by atoms with Gasteiger partial charge in [-0.05, 0) is 19.9 Å². The van der Waals surface area contributed by atoms with Gasteiger partial charge in [-0.2, -0.15) is 5.10 Å². The molecule has 94 valence electrons. The standard InChI is InChI=1S/C11H14N6S/c1-8(6-16-5-3-4-12-16)13-10-15-17-7-9(2)14-11(17)18-10/h3-5,7-8H,6H2,1-2H3,(H,13,15)/t8-/m1/s1. The van der Waals surface area contributed by atoms with E-state index in [1.54, 1.807) is 17.5 Å². The van der Waals surface area contributed by atoms with Crippen molar-refractivity contribution in [3.05, 3.63) is 30.4 Å². The molecule has 1 N–H and O–H groups in total. The first-order valence-electron chi connectivity index (χ1n) is 5.77. The van der Waals surface area contributed by atoms with Crippen LogP contribution in [0.1, 0.15) is 12.6 Å². The van der Waals surface area contributed by atoms with Crippen molar-refractivity contribution in [2.45, 2.75) is 26.4 Å². The van der Waals surface area contributed by atoms with Gasteiger partial charge in [0.2, 0.25) is 10.1 Å². The number of hydrogen-bond acceptors (Lipinski definition) is 5. The molecular weight excluding hydrogens is 248 g/mol. The summed E-state index contributed by atoms with van der Waals surface area (Å²) in [6, 6.07) is 2.19. The van der Waals surface area contributed by atoms with E-state index in [-0.39, 0.29) is 6.04 Å². The van der Waals surface area contributed by atoms with Gasteiger partial charge in [-0.25, -0.2) is 9.50 Å². The van der Waals surface area contributed by atoms with Crippen LogP contribution in [-0.2, 0) is 6.54 Å². The first-order valence-corrected chi connectivity index (χ1v) is 6.59. The van der Waals surface area contributed by atoms with Crippen LogP contribution < -0.4 is 5.32 Å². The van der Waals surface area contributed by atoms with Crippen molar-refractivity contribution in [3.8, 4) is 0 Å². The molecule has 0 bridgehead atoms. The molecule has 0 saturated heterocycles. The molecule has 3 aromatic rings. The first kappa shape index (κ1) is 11.2. The zero-order valence-electron chi connectivity index (χ0n) is 10.2. The predicted octanol–water partition coefficient (Wildman–Crippen LogP) is 1.80. The minimum absolute atomic E-state index is 0.266. The molecular formula is C11H14N6S. The van der Waals surface area contributed by atoms with Gasteiger partial charge < -0.3 is 5.32 Å². The number of nitrogens with zero attached hydrogens (tertiary/aromatic N) is 5.